The van der Waals surface area contributed by atoms with Crippen molar-refractivity contribution in [2.24, 2.45) is 0 Å². The van der Waals surface area contributed by atoms with Crippen molar-refractivity contribution in [1.29, 1.82) is 0 Å². The first-order valence-electron chi connectivity index (χ1n) is 10.7. The van der Waals surface area contributed by atoms with E-state index < -0.39 is 19.0 Å². The van der Waals surface area contributed by atoms with Crippen molar-refractivity contribution in [1.82, 2.24) is 19.9 Å². The van der Waals surface area contributed by atoms with Crippen LogP contribution in [0.3, 0.4) is 0 Å². The van der Waals surface area contributed by atoms with E-state index >= 15 is 0 Å². The number of benzene rings is 1. The molecule has 0 saturated heterocycles. The first-order chi connectivity index (χ1) is 17.3. The summed E-state index contributed by atoms with van der Waals surface area (Å²) in [6, 6.07) is 6.21. The fourth-order valence-corrected chi connectivity index (χ4v) is 4.03. The number of halogens is 3. The summed E-state index contributed by atoms with van der Waals surface area (Å²) in [5.41, 5.74) is 1.45. The molecule has 3 heterocycles. The largest absolute Gasteiger partial charge is 0.511 e. The second kappa shape index (κ2) is 11.6. The predicted molar refractivity (Wildman–Crippen MR) is 137 cm³/mol. The molecule has 12 heteroatoms. The Labute approximate surface area is 221 Å². The zero-order valence-corrected chi connectivity index (χ0v) is 21.4. The summed E-state index contributed by atoms with van der Waals surface area (Å²) in [6.45, 7) is 2.98. The highest BCUT2D eigenvalue weighted by Gasteiger charge is 2.27. The zero-order valence-electron chi connectivity index (χ0n) is 19.1. The Morgan fingerprint density at radius 1 is 1.00 bits per heavy atom. The van der Waals surface area contributed by atoms with Gasteiger partial charge in [0.1, 0.15) is 5.52 Å². The Bertz CT molecular complexity index is 1370. The lowest BCUT2D eigenvalue weighted by Gasteiger charge is -2.24. The number of ether oxygens (including phenoxy) is 3. The molecule has 1 unspecified atom stereocenters. The van der Waals surface area contributed by atoms with Gasteiger partial charge < -0.3 is 19.5 Å². The van der Waals surface area contributed by atoms with Gasteiger partial charge in [0.25, 0.3) is 0 Å². The number of carbonyl (C=O) groups excluding carboxylic acids is 1. The summed E-state index contributed by atoms with van der Waals surface area (Å²) in [4.78, 5) is 29.0. The van der Waals surface area contributed by atoms with Gasteiger partial charge in [-0.2, -0.15) is 0 Å². The minimum Gasteiger partial charge on any atom is -0.455 e. The molecule has 0 bridgehead atoms. The third-order valence-corrected chi connectivity index (χ3v) is 5.98. The number of rotatable bonds is 8. The minimum atomic E-state index is -0.868. The summed E-state index contributed by atoms with van der Waals surface area (Å²) < 4.78 is 16.0. The molecule has 1 atom stereocenters. The van der Waals surface area contributed by atoms with Crippen LogP contribution in [0.2, 0.25) is 15.1 Å². The molecule has 0 radical (unpaired) electrons. The molecule has 0 aliphatic carbocycles. The van der Waals surface area contributed by atoms with Crippen molar-refractivity contribution in [2.45, 2.75) is 26.0 Å². The van der Waals surface area contributed by atoms with Crippen LogP contribution in [0.1, 0.15) is 31.0 Å². The first kappa shape index (κ1) is 25.7. The van der Waals surface area contributed by atoms with E-state index in [9.17, 15) is 4.79 Å². The number of aromatic nitrogens is 4. The molecule has 0 spiro atoms. The molecular weight excluding hydrogens is 529 g/mol. The van der Waals surface area contributed by atoms with E-state index in [4.69, 9.17) is 49.0 Å². The van der Waals surface area contributed by atoms with Crippen LogP contribution in [0, 0.1) is 0 Å². The first-order valence-corrected chi connectivity index (χ1v) is 11.8. The van der Waals surface area contributed by atoms with Crippen LogP contribution in [-0.4, -0.2) is 39.0 Å². The fourth-order valence-electron chi connectivity index (χ4n) is 3.39. The van der Waals surface area contributed by atoms with Crippen molar-refractivity contribution >= 4 is 57.8 Å². The van der Waals surface area contributed by atoms with Crippen LogP contribution in [-0.2, 0) is 9.47 Å². The van der Waals surface area contributed by atoms with Gasteiger partial charge in [-0.05, 0) is 38.1 Å². The van der Waals surface area contributed by atoms with E-state index in [1.165, 1.54) is 6.20 Å². The molecule has 36 heavy (non-hydrogen) atoms. The van der Waals surface area contributed by atoms with E-state index in [0.29, 0.717) is 33.0 Å². The number of hydrogen-bond acceptors (Lipinski definition) is 9. The van der Waals surface area contributed by atoms with Gasteiger partial charge in [-0.15, -0.1) is 0 Å². The zero-order chi connectivity index (χ0) is 25.7. The van der Waals surface area contributed by atoms with Crippen molar-refractivity contribution in [3.8, 4) is 5.75 Å². The molecule has 0 saturated carbocycles. The maximum atomic E-state index is 11.9. The Morgan fingerprint density at radius 2 is 1.75 bits per heavy atom. The maximum Gasteiger partial charge on any atom is 0.511 e. The van der Waals surface area contributed by atoms with Gasteiger partial charge in [0.05, 0.1) is 27.2 Å². The second-order valence-electron chi connectivity index (χ2n) is 7.67. The molecule has 186 valence electrons. The molecule has 3 aromatic heterocycles. The summed E-state index contributed by atoms with van der Waals surface area (Å²) in [5.74, 6) is 0.593. The monoisotopic (exact) mass is 547 g/mol. The molecule has 9 nitrogen and oxygen atoms in total. The summed E-state index contributed by atoms with van der Waals surface area (Å²) in [7, 11) is 0. The molecule has 0 fully saturated rings. The maximum absolute atomic E-state index is 11.9. The van der Waals surface area contributed by atoms with Crippen molar-refractivity contribution < 1.29 is 19.0 Å². The number of hydrogen-bond donors (Lipinski definition) is 1. The standard InChI is InChI=1S/C24H20Cl3N5O4/c1-13(2)36-24(33)35-12-34-22-15(9-17(25)14-5-3-6-29-21(14)22)20(32-23-30-7-4-8-31-23)16-10-28-11-18(26)19(16)27/h3-11,13,20H,12H2,1-2H3,(H,30,31,32). The van der Waals surface area contributed by atoms with E-state index in [-0.39, 0.29) is 21.9 Å². The van der Waals surface area contributed by atoms with Crippen LogP contribution in [0.25, 0.3) is 10.9 Å². The Kier molecular flexibility index (Phi) is 8.25. The van der Waals surface area contributed by atoms with Crippen LogP contribution in [0.15, 0.2) is 55.2 Å². The average molecular weight is 549 g/mol. The molecule has 1 aromatic carbocycles. The topological polar surface area (TPSA) is 108 Å². The number of nitrogens with one attached hydrogen (secondary N) is 1. The van der Waals surface area contributed by atoms with E-state index in [1.807, 2.05) is 0 Å². The van der Waals surface area contributed by atoms with Gasteiger partial charge in [-0.3, -0.25) is 9.97 Å². The Hall–Kier alpha value is -3.40. The highest BCUT2D eigenvalue weighted by atomic mass is 35.5. The molecule has 0 aliphatic rings. The van der Waals surface area contributed by atoms with Gasteiger partial charge in [-0.25, -0.2) is 14.8 Å². The quantitative estimate of drug-likeness (QED) is 0.195. The normalized spacial score (nSPS) is 11.8. The van der Waals surface area contributed by atoms with Gasteiger partial charge in [-0.1, -0.05) is 34.8 Å². The van der Waals surface area contributed by atoms with Gasteiger partial charge in [0.2, 0.25) is 12.7 Å². The third-order valence-electron chi connectivity index (χ3n) is 4.86. The highest BCUT2D eigenvalue weighted by Crippen LogP contribution is 2.42. The fraction of sp³-hybridized carbons (Fsp3) is 0.208. The Morgan fingerprint density at radius 3 is 2.50 bits per heavy atom. The van der Waals surface area contributed by atoms with E-state index in [1.54, 1.807) is 62.9 Å². The molecule has 0 aliphatic heterocycles. The SMILES string of the molecule is CC(C)OC(=O)OCOc1c(C(Nc2ncccn2)c2cncc(Cl)c2Cl)cc(Cl)c2cccnc12. The lowest BCUT2D eigenvalue weighted by Crippen LogP contribution is -2.19. The number of nitrogens with zero attached hydrogens (tertiary/aromatic N) is 4. The number of anilines is 1. The van der Waals surface area contributed by atoms with Crippen molar-refractivity contribution in [3.05, 3.63) is 81.4 Å². The lowest BCUT2D eigenvalue weighted by atomic mass is 9.97. The van der Waals surface area contributed by atoms with Crippen LogP contribution < -0.4 is 10.1 Å². The average Bonchev–Trinajstić information content (AvgIpc) is 2.86. The molecule has 0 amide bonds. The molecule has 4 aromatic rings. The number of fused-ring (bicyclic) bond motifs is 1. The third kappa shape index (κ3) is 5.87. The molecule has 1 N–H and O–H groups in total. The van der Waals surface area contributed by atoms with Crippen LogP contribution >= 0.6 is 34.8 Å². The smallest absolute Gasteiger partial charge is 0.455 e. The highest BCUT2D eigenvalue weighted by molar-refractivity contribution is 6.42. The number of pyridine rings is 2. The minimum absolute atomic E-state index is 0.252. The van der Waals surface area contributed by atoms with Gasteiger partial charge >= 0.3 is 6.16 Å². The van der Waals surface area contributed by atoms with Crippen molar-refractivity contribution in [2.75, 3.05) is 12.1 Å². The van der Waals surface area contributed by atoms with Gasteiger partial charge in [0.15, 0.2) is 5.75 Å². The Balaban J connectivity index is 1.84. The summed E-state index contributed by atoms with van der Waals surface area (Å²) in [5, 5.41) is 4.79. The molecular formula is C24H20Cl3N5O4. The van der Waals surface area contributed by atoms with Crippen LogP contribution in [0.5, 0.6) is 5.75 Å². The van der Waals surface area contributed by atoms with E-state index in [0.717, 1.165) is 0 Å². The second-order valence-corrected chi connectivity index (χ2v) is 8.87. The van der Waals surface area contributed by atoms with Gasteiger partial charge in [0, 0.05) is 47.5 Å². The summed E-state index contributed by atoms with van der Waals surface area (Å²) >= 11 is 19.5. The summed E-state index contributed by atoms with van der Waals surface area (Å²) in [6.07, 6.45) is 6.56. The molecule has 4 rings (SSSR count). The van der Waals surface area contributed by atoms with E-state index in [2.05, 4.69) is 25.3 Å². The van der Waals surface area contributed by atoms with Crippen LogP contribution in [0.4, 0.5) is 10.7 Å². The lowest BCUT2D eigenvalue weighted by molar-refractivity contribution is -0.00807. The van der Waals surface area contributed by atoms with Crippen molar-refractivity contribution in [3.63, 3.8) is 0 Å². The number of carbonyl (C=O) groups is 1. The predicted octanol–water partition coefficient (Wildman–Crippen LogP) is 6.48.